The van der Waals surface area contributed by atoms with E-state index >= 15 is 0 Å². The van der Waals surface area contributed by atoms with Gasteiger partial charge >= 0.3 is 0 Å². The maximum Gasteiger partial charge on any atom is 0.269 e. The Morgan fingerprint density at radius 3 is 2.77 bits per heavy atom. The van der Waals surface area contributed by atoms with Gasteiger partial charge < -0.3 is 4.57 Å². The third kappa shape index (κ3) is 4.44. The lowest BCUT2D eigenvalue weighted by Crippen LogP contribution is -2.32. The van der Waals surface area contributed by atoms with Crippen molar-refractivity contribution in [1.82, 2.24) is 19.7 Å². The van der Waals surface area contributed by atoms with E-state index in [1.165, 1.54) is 5.56 Å². The van der Waals surface area contributed by atoms with E-state index in [1.54, 1.807) is 23.9 Å². The van der Waals surface area contributed by atoms with Crippen LogP contribution in [0, 0.1) is 10.1 Å². The minimum Gasteiger partial charge on any atom is -0.305 e. The van der Waals surface area contributed by atoms with Crippen molar-refractivity contribution in [1.29, 1.82) is 0 Å². The summed E-state index contributed by atoms with van der Waals surface area (Å²) in [7, 11) is 1.97. The molecule has 0 N–H and O–H groups in total. The molecule has 154 valence electrons. The molecule has 0 atom stereocenters. The number of nitro groups is 1. The van der Waals surface area contributed by atoms with Gasteiger partial charge in [-0.25, -0.2) is 0 Å². The van der Waals surface area contributed by atoms with E-state index in [-0.39, 0.29) is 10.6 Å². The van der Waals surface area contributed by atoms with Crippen LogP contribution in [0.25, 0.3) is 11.4 Å². The van der Waals surface area contributed by atoms with Crippen LogP contribution < -0.4 is 0 Å². The summed E-state index contributed by atoms with van der Waals surface area (Å²) in [5.41, 5.74) is 4.53. The summed E-state index contributed by atoms with van der Waals surface area (Å²) in [6.07, 6.45) is 0.900. The van der Waals surface area contributed by atoms with Gasteiger partial charge in [0.2, 0.25) is 0 Å². The largest absolute Gasteiger partial charge is 0.305 e. The maximum absolute atomic E-state index is 11.0. The Bertz CT molecular complexity index is 1080. The van der Waals surface area contributed by atoms with Gasteiger partial charge in [-0.05, 0) is 17.5 Å². The van der Waals surface area contributed by atoms with Crippen LogP contribution in [0.5, 0.6) is 0 Å². The van der Waals surface area contributed by atoms with Crippen molar-refractivity contribution >= 4 is 17.4 Å². The molecule has 0 unspecified atom stereocenters. The minimum absolute atomic E-state index is 0.154. The summed E-state index contributed by atoms with van der Waals surface area (Å²) in [6.45, 7) is 6.63. The molecule has 8 heteroatoms. The third-order valence-electron chi connectivity index (χ3n) is 5.21. The Kier molecular flexibility index (Phi) is 5.96. The average Bonchev–Trinajstić information content (AvgIpc) is 3.12. The molecule has 0 bridgehead atoms. The molecule has 0 aliphatic carbocycles. The molecule has 0 saturated carbocycles. The van der Waals surface area contributed by atoms with Crippen molar-refractivity contribution in [3.8, 4) is 11.4 Å². The molecule has 0 saturated heterocycles. The summed E-state index contributed by atoms with van der Waals surface area (Å²) in [5.74, 6) is 1.59. The second-order valence-corrected chi connectivity index (χ2v) is 8.38. The molecule has 2 aromatic carbocycles. The van der Waals surface area contributed by atoms with Crippen molar-refractivity contribution in [2.45, 2.75) is 18.1 Å². The van der Waals surface area contributed by atoms with Crippen LogP contribution in [-0.4, -0.2) is 43.4 Å². The van der Waals surface area contributed by atoms with Crippen molar-refractivity contribution < 1.29 is 4.92 Å². The highest BCUT2D eigenvalue weighted by Crippen LogP contribution is 2.26. The fraction of sp³-hybridized carbons (Fsp3) is 0.273. The molecule has 3 aromatic rings. The van der Waals surface area contributed by atoms with Gasteiger partial charge in [-0.1, -0.05) is 60.3 Å². The number of nitrogens with zero attached hydrogens (tertiary/aromatic N) is 5. The summed E-state index contributed by atoms with van der Waals surface area (Å²) >= 11 is 1.63. The van der Waals surface area contributed by atoms with Crippen LogP contribution in [0.2, 0.25) is 0 Å². The van der Waals surface area contributed by atoms with E-state index in [2.05, 4.69) is 21.7 Å². The molecule has 1 aromatic heterocycles. The average molecular weight is 422 g/mol. The van der Waals surface area contributed by atoms with Crippen LogP contribution >= 0.6 is 11.8 Å². The zero-order chi connectivity index (χ0) is 21.1. The molecule has 0 radical (unpaired) electrons. The molecule has 4 rings (SSSR count). The molecule has 1 aliphatic heterocycles. The fourth-order valence-electron chi connectivity index (χ4n) is 3.66. The van der Waals surface area contributed by atoms with E-state index in [0.717, 1.165) is 52.9 Å². The Morgan fingerprint density at radius 1 is 1.20 bits per heavy atom. The van der Waals surface area contributed by atoms with E-state index in [0.29, 0.717) is 6.54 Å². The number of nitro benzene ring substituents is 1. The minimum atomic E-state index is -0.334. The quantitative estimate of drug-likeness (QED) is 0.247. The summed E-state index contributed by atoms with van der Waals surface area (Å²) < 4.78 is 2.00. The summed E-state index contributed by atoms with van der Waals surface area (Å²) in [4.78, 5) is 13.0. The molecule has 2 heterocycles. The zero-order valence-electron chi connectivity index (χ0n) is 16.8. The molecule has 1 aliphatic rings. The molecule has 0 spiro atoms. The van der Waals surface area contributed by atoms with Crippen LogP contribution in [0.3, 0.4) is 0 Å². The molecule has 0 fully saturated rings. The Balaban J connectivity index is 1.34. The van der Waals surface area contributed by atoms with E-state index in [9.17, 15) is 10.1 Å². The number of aromatic nitrogens is 3. The Hall–Kier alpha value is -2.97. The van der Waals surface area contributed by atoms with Gasteiger partial charge in [-0.15, -0.1) is 10.2 Å². The highest BCUT2D eigenvalue weighted by Gasteiger charge is 2.20. The Labute approximate surface area is 179 Å². The Morgan fingerprint density at radius 2 is 2.00 bits per heavy atom. The number of fused-ring (bicyclic) bond motifs is 1. The third-order valence-corrected chi connectivity index (χ3v) is 6.38. The van der Waals surface area contributed by atoms with Crippen LogP contribution in [0.1, 0.15) is 11.1 Å². The first-order chi connectivity index (χ1) is 14.5. The highest BCUT2D eigenvalue weighted by atomic mass is 32.2. The molecule has 30 heavy (non-hydrogen) atoms. The summed E-state index contributed by atoms with van der Waals surface area (Å²) in [6, 6.07) is 15.2. The lowest BCUT2D eigenvalue weighted by atomic mass is 9.99. The smallest absolute Gasteiger partial charge is 0.269 e. The monoisotopic (exact) mass is 421 g/mol. The number of hydrogen-bond acceptors (Lipinski definition) is 6. The number of benzene rings is 2. The van der Waals surface area contributed by atoms with Gasteiger partial charge in [-0.3, -0.25) is 15.0 Å². The van der Waals surface area contributed by atoms with Crippen LogP contribution in [0.4, 0.5) is 5.69 Å². The maximum atomic E-state index is 11.0. The van der Waals surface area contributed by atoms with Crippen molar-refractivity contribution in [2.24, 2.45) is 7.05 Å². The summed E-state index contributed by atoms with van der Waals surface area (Å²) in [5, 5.41) is 20.6. The predicted molar refractivity (Wildman–Crippen MR) is 118 cm³/mol. The first-order valence-corrected chi connectivity index (χ1v) is 10.7. The first-order valence-electron chi connectivity index (χ1n) is 9.74. The highest BCUT2D eigenvalue weighted by molar-refractivity contribution is 7.99. The van der Waals surface area contributed by atoms with Gasteiger partial charge in [0.25, 0.3) is 5.69 Å². The molecular weight excluding hydrogens is 398 g/mol. The van der Waals surface area contributed by atoms with E-state index in [4.69, 9.17) is 0 Å². The molecular formula is C22H23N5O2S. The lowest BCUT2D eigenvalue weighted by molar-refractivity contribution is -0.385. The number of non-ortho nitro benzene ring substituents is 1. The normalized spacial score (nSPS) is 13.8. The fourth-order valence-corrected chi connectivity index (χ4v) is 4.46. The first kappa shape index (κ1) is 20.3. The van der Waals surface area contributed by atoms with Crippen molar-refractivity contribution in [2.75, 3.05) is 18.8 Å². The topological polar surface area (TPSA) is 77.1 Å². The number of rotatable bonds is 7. The molecule has 7 nitrogen and oxygen atoms in total. The van der Waals surface area contributed by atoms with E-state index in [1.807, 2.05) is 48.0 Å². The second kappa shape index (κ2) is 8.81. The SMILES string of the molecule is C=C(CSc1nnc(-c2ccccc2)n1C)CN1CCc2ccc([N+](=O)[O-])cc2C1. The predicted octanol–water partition coefficient (Wildman–Crippen LogP) is 4.10. The van der Waals surface area contributed by atoms with Gasteiger partial charge in [0, 0.05) is 50.1 Å². The van der Waals surface area contributed by atoms with Crippen LogP contribution in [0.15, 0.2) is 65.8 Å². The van der Waals surface area contributed by atoms with Crippen molar-refractivity contribution in [3.05, 3.63) is 81.9 Å². The lowest BCUT2D eigenvalue weighted by Gasteiger charge is -2.29. The standard InChI is InChI=1S/C22H23N5O2S/c1-16(13-26-11-10-17-8-9-20(27(28)29)12-19(17)14-26)15-30-22-24-23-21(25(22)2)18-6-4-3-5-7-18/h3-9,12H,1,10-11,13-15H2,2H3. The second-order valence-electron chi connectivity index (χ2n) is 7.44. The van der Waals surface area contributed by atoms with E-state index < -0.39 is 0 Å². The zero-order valence-corrected chi connectivity index (χ0v) is 17.6. The molecule has 0 amide bonds. The number of hydrogen-bond donors (Lipinski definition) is 0. The van der Waals surface area contributed by atoms with Crippen LogP contribution in [-0.2, 0) is 20.0 Å². The van der Waals surface area contributed by atoms with Gasteiger partial charge in [-0.2, -0.15) is 0 Å². The van der Waals surface area contributed by atoms with Gasteiger partial charge in [0.15, 0.2) is 11.0 Å². The van der Waals surface area contributed by atoms with Gasteiger partial charge in [0.1, 0.15) is 0 Å². The number of thioether (sulfide) groups is 1. The van der Waals surface area contributed by atoms with Crippen molar-refractivity contribution in [3.63, 3.8) is 0 Å². The van der Waals surface area contributed by atoms with Gasteiger partial charge in [0.05, 0.1) is 4.92 Å².